The third-order valence-corrected chi connectivity index (χ3v) is 4.64. The van der Waals surface area contributed by atoms with Gasteiger partial charge in [0.1, 0.15) is 0 Å². The number of rotatable bonds is 5. The van der Waals surface area contributed by atoms with Crippen molar-refractivity contribution in [3.63, 3.8) is 0 Å². The molecule has 0 unspecified atom stereocenters. The van der Waals surface area contributed by atoms with Crippen molar-refractivity contribution in [2.45, 2.75) is 32.2 Å². The molecule has 1 fully saturated rings. The minimum atomic E-state index is 0.136. The molecule has 0 aliphatic heterocycles. The van der Waals surface area contributed by atoms with Crippen LogP contribution in [0.3, 0.4) is 0 Å². The largest absolute Gasteiger partial charge is 0.396 e. The Hall–Kier alpha value is -1.38. The summed E-state index contributed by atoms with van der Waals surface area (Å²) >= 11 is 0. The molecule has 0 atom stereocenters. The van der Waals surface area contributed by atoms with Crippen molar-refractivity contribution in [2.75, 3.05) is 13.2 Å². The standard InChI is InChI=1S/C18H23NO/c20-14-18(9-3-4-10-18)13-19-12-15-7-8-16-5-1-2-6-17(16)11-15/h1-2,5-8,11,19-20H,3-4,9-10,12-14H2. The Kier molecular flexibility index (Phi) is 4.04. The highest BCUT2D eigenvalue weighted by Gasteiger charge is 2.32. The lowest BCUT2D eigenvalue weighted by Gasteiger charge is -2.26. The van der Waals surface area contributed by atoms with Crippen LogP contribution in [0, 0.1) is 5.41 Å². The molecule has 0 aromatic heterocycles. The van der Waals surface area contributed by atoms with Gasteiger partial charge in [-0.2, -0.15) is 0 Å². The summed E-state index contributed by atoms with van der Waals surface area (Å²) in [5.74, 6) is 0. The summed E-state index contributed by atoms with van der Waals surface area (Å²) in [5, 5.41) is 15.7. The predicted octanol–water partition coefficient (Wildman–Crippen LogP) is 3.48. The molecule has 1 saturated carbocycles. The van der Waals surface area contributed by atoms with E-state index in [2.05, 4.69) is 47.8 Å². The lowest BCUT2D eigenvalue weighted by molar-refractivity contribution is 0.128. The van der Waals surface area contributed by atoms with E-state index < -0.39 is 0 Å². The molecule has 20 heavy (non-hydrogen) atoms. The van der Waals surface area contributed by atoms with Crippen molar-refractivity contribution < 1.29 is 5.11 Å². The molecule has 0 heterocycles. The second-order valence-electron chi connectivity index (χ2n) is 6.15. The number of benzene rings is 2. The van der Waals surface area contributed by atoms with Gasteiger partial charge < -0.3 is 10.4 Å². The Morgan fingerprint density at radius 3 is 2.50 bits per heavy atom. The number of fused-ring (bicyclic) bond motifs is 1. The van der Waals surface area contributed by atoms with Gasteiger partial charge in [0.15, 0.2) is 0 Å². The summed E-state index contributed by atoms with van der Waals surface area (Å²) in [6.45, 7) is 2.13. The van der Waals surface area contributed by atoms with E-state index in [-0.39, 0.29) is 5.41 Å². The van der Waals surface area contributed by atoms with Crippen LogP contribution in [0.15, 0.2) is 42.5 Å². The first-order valence-corrected chi connectivity index (χ1v) is 7.61. The van der Waals surface area contributed by atoms with E-state index in [1.807, 2.05) is 0 Å². The van der Waals surface area contributed by atoms with Gasteiger partial charge in [-0.15, -0.1) is 0 Å². The van der Waals surface area contributed by atoms with Crippen LogP contribution in [0.5, 0.6) is 0 Å². The van der Waals surface area contributed by atoms with Gasteiger partial charge in [0, 0.05) is 25.1 Å². The highest BCUT2D eigenvalue weighted by molar-refractivity contribution is 5.82. The number of nitrogens with one attached hydrogen (secondary N) is 1. The Morgan fingerprint density at radius 1 is 1.00 bits per heavy atom. The molecule has 0 spiro atoms. The van der Waals surface area contributed by atoms with Crippen LogP contribution in [0.2, 0.25) is 0 Å². The molecule has 106 valence electrons. The lowest BCUT2D eigenvalue weighted by atomic mass is 9.87. The molecule has 2 heteroatoms. The Balaban J connectivity index is 1.62. The molecular formula is C18H23NO. The van der Waals surface area contributed by atoms with Crippen LogP contribution in [-0.4, -0.2) is 18.3 Å². The van der Waals surface area contributed by atoms with Gasteiger partial charge >= 0.3 is 0 Å². The van der Waals surface area contributed by atoms with E-state index in [0.717, 1.165) is 25.9 Å². The smallest absolute Gasteiger partial charge is 0.0499 e. The number of hydrogen-bond acceptors (Lipinski definition) is 2. The SMILES string of the molecule is OCC1(CNCc2ccc3ccccc3c2)CCCC1. The van der Waals surface area contributed by atoms with Crippen LogP contribution in [-0.2, 0) is 6.54 Å². The fourth-order valence-corrected chi connectivity index (χ4v) is 3.34. The molecule has 0 amide bonds. The van der Waals surface area contributed by atoms with Crippen molar-refractivity contribution in [2.24, 2.45) is 5.41 Å². The highest BCUT2D eigenvalue weighted by atomic mass is 16.3. The molecule has 2 aromatic carbocycles. The molecule has 2 N–H and O–H groups in total. The van der Waals surface area contributed by atoms with Crippen LogP contribution < -0.4 is 5.32 Å². The van der Waals surface area contributed by atoms with Crippen LogP contribution in [0.4, 0.5) is 0 Å². The number of hydrogen-bond donors (Lipinski definition) is 2. The molecule has 1 aliphatic rings. The van der Waals surface area contributed by atoms with Crippen molar-refractivity contribution in [3.8, 4) is 0 Å². The molecule has 0 bridgehead atoms. The maximum Gasteiger partial charge on any atom is 0.0499 e. The molecule has 1 aliphatic carbocycles. The van der Waals surface area contributed by atoms with Crippen molar-refractivity contribution >= 4 is 10.8 Å². The van der Waals surface area contributed by atoms with Gasteiger partial charge in [-0.3, -0.25) is 0 Å². The second kappa shape index (κ2) is 5.94. The average molecular weight is 269 g/mol. The minimum Gasteiger partial charge on any atom is -0.396 e. The summed E-state index contributed by atoms with van der Waals surface area (Å²) in [7, 11) is 0. The molecule has 2 aromatic rings. The van der Waals surface area contributed by atoms with E-state index in [1.165, 1.54) is 29.2 Å². The van der Waals surface area contributed by atoms with Crippen LogP contribution in [0.1, 0.15) is 31.2 Å². The van der Waals surface area contributed by atoms with E-state index in [9.17, 15) is 5.11 Å². The molecule has 2 nitrogen and oxygen atoms in total. The van der Waals surface area contributed by atoms with Gasteiger partial charge in [-0.05, 0) is 35.2 Å². The minimum absolute atomic E-state index is 0.136. The zero-order chi connectivity index (χ0) is 13.8. The maximum atomic E-state index is 9.62. The van der Waals surface area contributed by atoms with Crippen molar-refractivity contribution in [1.82, 2.24) is 5.32 Å². The summed E-state index contributed by atoms with van der Waals surface area (Å²) in [4.78, 5) is 0. The van der Waals surface area contributed by atoms with Gasteiger partial charge in [0.25, 0.3) is 0 Å². The third-order valence-electron chi connectivity index (χ3n) is 4.64. The average Bonchev–Trinajstić information content (AvgIpc) is 2.96. The van der Waals surface area contributed by atoms with Gasteiger partial charge in [-0.1, -0.05) is 49.2 Å². The number of aliphatic hydroxyl groups excluding tert-OH is 1. The lowest BCUT2D eigenvalue weighted by Crippen LogP contribution is -2.34. The van der Waals surface area contributed by atoms with Crippen molar-refractivity contribution in [1.29, 1.82) is 0 Å². The van der Waals surface area contributed by atoms with E-state index in [0.29, 0.717) is 6.61 Å². The van der Waals surface area contributed by atoms with E-state index in [4.69, 9.17) is 0 Å². The van der Waals surface area contributed by atoms with Gasteiger partial charge in [0.2, 0.25) is 0 Å². The fraction of sp³-hybridized carbons (Fsp3) is 0.444. The zero-order valence-electron chi connectivity index (χ0n) is 11.9. The number of aliphatic hydroxyl groups is 1. The molecule has 0 radical (unpaired) electrons. The van der Waals surface area contributed by atoms with Crippen LogP contribution >= 0.6 is 0 Å². The fourth-order valence-electron chi connectivity index (χ4n) is 3.34. The van der Waals surface area contributed by atoms with Gasteiger partial charge in [0.05, 0.1) is 0 Å². The zero-order valence-corrected chi connectivity index (χ0v) is 11.9. The Bertz CT molecular complexity index is 572. The monoisotopic (exact) mass is 269 g/mol. The topological polar surface area (TPSA) is 32.3 Å². The maximum absolute atomic E-state index is 9.62. The first-order chi connectivity index (χ1) is 9.81. The Morgan fingerprint density at radius 2 is 1.75 bits per heavy atom. The summed E-state index contributed by atoms with van der Waals surface area (Å²) in [5.41, 5.74) is 1.45. The third kappa shape index (κ3) is 2.87. The summed E-state index contributed by atoms with van der Waals surface area (Å²) in [6, 6.07) is 15.1. The Labute approximate surface area is 120 Å². The first kappa shape index (κ1) is 13.6. The van der Waals surface area contributed by atoms with Crippen LogP contribution in [0.25, 0.3) is 10.8 Å². The molecular weight excluding hydrogens is 246 g/mol. The van der Waals surface area contributed by atoms with E-state index in [1.54, 1.807) is 0 Å². The highest BCUT2D eigenvalue weighted by Crippen LogP contribution is 2.36. The second-order valence-corrected chi connectivity index (χ2v) is 6.15. The summed E-state index contributed by atoms with van der Waals surface area (Å²) in [6.07, 6.45) is 4.85. The molecule has 3 rings (SSSR count). The van der Waals surface area contributed by atoms with Gasteiger partial charge in [-0.25, -0.2) is 0 Å². The van der Waals surface area contributed by atoms with Crippen molar-refractivity contribution in [3.05, 3.63) is 48.0 Å². The quantitative estimate of drug-likeness (QED) is 0.871. The molecule has 0 saturated heterocycles. The first-order valence-electron chi connectivity index (χ1n) is 7.61. The van der Waals surface area contributed by atoms with E-state index >= 15 is 0 Å². The summed E-state index contributed by atoms with van der Waals surface area (Å²) < 4.78 is 0. The normalized spacial score (nSPS) is 17.6. The predicted molar refractivity (Wildman–Crippen MR) is 83.6 cm³/mol.